The Labute approximate surface area is 151 Å². The molecule has 0 aliphatic heterocycles. The smallest absolute Gasteiger partial charge is 0.191 e. The van der Waals surface area contributed by atoms with Crippen LogP contribution < -0.4 is 10.6 Å². The summed E-state index contributed by atoms with van der Waals surface area (Å²) in [6, 6.07) is 12.5. The lowest BCUT2D eigenvalue weighted by atomic mass is 10.1. The molecule has 0 saturated heterocycles. The van der Waals surface area contributed by atoms with Crippen LogP contribution in [0.1, 0.15) is 30.7 Å². The molecular weight excluding hydrogens is 312 g/mol. The van der Waals surface area contributed by atoms with Gasteiger partial charge in [0.25, 0.3) is 0 Å². The number of furan rings is 1. The zero-order valence-corrected chi connectivity index (χ0v) is 15.7. The van der Waals surface area contributed by atoms with Crippen molar-refractivity contribution in [1.82, 2.24) is 15.5 Å². The molecule has 0 unspecified atom stereocenters. The average Bonchev–Trinajstić information content (AvgIpc) is 3.09. The maximum absolute atomic E-state index is 5.43. The second-order valence-corrected chi connectivity index (χ2v) is 6.72. The van der Waals surface area contributed by atoms with E-state index < -0.39 is 0 Å². The van der Waals surface area contributed by atoms with Gasteiger partial charge in [0, 0.05) is 26.7 Å². The zero-order chi connectivity index (χ0) is 18.1. The summed E-state index contributed by atoms with van der Waals surface area (Å²) < 4.78 is 5.43. The third-order valence-electron chi connectivity index (χ3n) is 3.91. The summed E-state index contributed by atoms with van der Waals surface area (Å²) in [7, 11) is 3.91. The minimum Gasteiger partial charge on any atom is -0.468 e. The van der Waals surface area contributed by atoms with E-state index in [1.807, 2.05) is 12.1 Å². The van der Waals surface area contributed by atoms with Crippen LogP contribution in [0.15, 0.2) is 52.1 Å². The Hall–Kier alpha value is -2.27. The quantitative estimate of drug-likeness (QED) is 0.571. The number of nitrogens with zero attached hydrogens (tertiary/aromatic N) is 2. The van der Waals surface area contributed by atoms with Crippen LogP contribution in [-0.4, -0.2) is 31.5 Å². The number of hydrogen-bond acceptors (Lipinski definition) is 3. The van der Waals surface area contributed by atoms with Gasteiger partial charge in [-0.05, 0) is 36.2 Å². The molecule has 0 bridgehead atoms. The van der Waals surface area contributed by atoms with Crippen LogP contribution in [0.4, 0.5) is 0 Å². The Morgan fingerprint density at radius 1 is 1.08 bits per heavy atom. The number of rotatable bonds is 8. The number of hydrogen-bond donors (Lipinski definition) is 2. The predicted octanol–water partition coefficient (Wildman–Crippen LogP) is 3.23. The van der Waals surface area contributed by atoms with E-state index in [1.54, 1.807) is 13.3 Å². The van der Waals surface area contributed by atoms with Gasteiger partial charge >= 0.3 is 0 Å². The molecule has 0 radical (unpaired) electrons. The summed E-state index contributed by atoms with van der Waals surface area (Å²) in [5, 5.41) is 6.75. The Kier molecular flexibility index (Phi) is 7.54. The molecule has 5 nitrogen and oxygen atoms in total. The summed E-state index contributed by atoms with van der Waals surface area (Å²) in [6.07, 6.45) is 1.72. The molecule has 1 aromatic heterocycles. The molecule has 0 fully saturated rings. The third kappa shape index (κ3) is 6.63. The highest BCUT2D eigenvalue weighted by molar-refractivity contribution is 5.79. The van der Waals surface area contributed by atoms with Crippen molar-refractivity contribution in [3.8, 4) is 0 Å². The van der Waals surface area contributed by atoms with Crippen LogP contribution in [0.3, 0.4) is 0 Å². The first kappa shape index (κ1) is 19.1. The van der Waals surface area contributed by atoms with Gasteiger partial charge in [-0.25, -0.2) is 0 Å². The topological polar surface area (TPSA) is 52.8 Å². The van der Waals surface area contributed by atoms with Crippen molar-refractivity contribution in [3.05, 3.63) is 59.5 Å². The molecule has 0 aliphatic rings. The maximum atomic E-state index is 5.43. The SMILES string of the molecule is CN=C(NCc1ccccc1CN(C)Cc1ccco1)NCC(C)C. The van der Waals surface area contributed by atoms with Gasteiger partial charge in [0.1, 0.15) is 5.76 Å². The van der Waals surface area contributed by atoms with E-state index >= 15 is 0 Å². The summed E-state index contributed by atoms with van der Waals surface area (Å²) >= 11 is 0. The summed E-state index contributed by atoms with van der Waals surface area (Å²) in [5.74, 6) is 2.41. The predicted molar refractivity (Wildman–Crippen MR) is 103 cm³/mol. The number of nitrogens with one attached hydrogen (secondary N) is 2. The van der Waals surface area contributed by atoms with Gasteiger partial charge in [0.2, 0.25) is 0 Å². The Balaban J connectivity index is 1.93. The standard InChI is InChI=1S/C20H30N4O/c1-16(2)12-22-20(21-3)23-13-17-8-5-6-9-18(17)14-24(4)15-19-10-7-11-25-19/h5-11,16H,12-15H2,1-4H3,(H2,21,22,23). The number of guanidine groups is 1. The van der Waals surface area contributed by atoms with Gasteiger partial charge in [0.05, 0.1) is 12.8 Å². The molecule has 0 spiro atoms. The molecule has 136 valence electrons. The maximum Gasteiger partial charge on any atom is 0.191 e. The van der Waals surface area contributed by atoms with Crippen molar-refractivity contribution in [2.24, 2.45) is 10.9 Å². The molecule has 2 rings (SSSR count). The van der Waals surface area contributed by atoms with Crippen LogP contribution in [0.25, 0.3) is 0 Å². The molecule has 0 aliphatic carbocycles. The van der Waals surface area contributed by atoms with Gasteiger partial charge in [0.15, 0.2) is 5.96 Å². The van der Waals surface area contributed by atoms with E-state index in [-0.39, 0.29) is 0 Å². The molecule has 1 heterocycles. The highest BCUT2D eigenvalue weighted by Crippen LogP contribution is 2.13. The fraction of sp³-hybridized carbons (Fsp3) is 0.450. The zero-order valence-electron chi connectivity index (χ0n) is 15.7. The van der Waals surface area contributed by atoms with Crippen LogP contribution in [0.2, 0.25) is 0 Å². The van der Waals surface area contributed by atoms with E-state index in [2.05, 4.69) is 65.7 Å². The van der Waals surface area contributed by atoms with E-state index in [0.29, 0.717) is 5.92 Å². The van der Waals surface area contributed by atoms with E-state index in [4.69, 9.17) is 4.42 Å². The first-order valence-electron chi connectivity index (χ1n) is 8.80. The monoisotopic (exact) mass is 342 g/mol. The van der Waals surface area contributed by atoms with E-state index in [9.17, 15) is 0 Å². The molecular formula is C20H30N4O. The van der Waals surface area contributed by atoms with Crippen molar-refractivity contribution in [3.63, 3.8) is 0 Å². The van der Waals surface area contributed by atoms with Gasteiger partial charge < -0.3 is 15.1 Å². The molecule has 2 N–H and O–H groups in total. The number of benzene rings is 1. The van der Waals surface area contributed by atoms with Crippen LogP contribution in [0.5, 0.6) is 0 Å². The number of aliphatic imine (C=N–C) groups is 1. The Bertz CT molecular complexity index is 649. The Morgan fingerprint density at radius 3 is 2.48 bits per heavy atom. The average molecular weight is 342 g/mol. The lowest BCUT2D eigenvalue weighted by molar-refractivity contribution is 0.287. The van der Waals surface area contributed by atoms with Gasteiger partial charge in [-0.2, -0.15) is 0 Å². The summed E-state index contributed by atoms with van der Waals surface area (Å²) in [4.78, 5) is 6.54. The highest BCUT2D eigenvalue weighted by atomic mass is 16.3. The van der Waals surface area contributed by atoms with E-state index in [1.165, 1.54) is 11.1 Å². The largest absolute Gasteiger partial charge is 0.468 e. The van der Waals surface area contributed by atoms with Crippen molar-refractivity contribution >= 4 is 5.96 Å². The minimum absolute atomic E-state index is 0.584. The second-order valence-electron chi connectivity index (χ2n) is 6.72. The van der Waals surface area contributed by atoms with Gasteiger partial charge in [-0.3, -0.25) is 9.89 Å². The van der Waals surface area contributed by atoms with E-state index in [0.717, 1.165) is 37.9 Å². The fourth-order valence-electron chi connectivity index (χ4n) is 2.60. The first-order chi connectivity index (χ1) is 12.1. The van der Waals surface area contributed by atoms with Gasteiger partial charge in [-0.15, -0.1) is 0 Å². The summed E-state index contributed by atoms with van der Waals surface area (Å²) in [6.45, 7) is 7.70. The molecule has 2 aromatic rings. The molecule has 5 heteroatoms. The molecule has 0 atom stereocenters. The van der Waals surface area contributed by atoms with Crippen molar-refractivity contribution in [2.75, 3.05) is 20.6 Å². The normalized spacial score (nSPS) is 12.0. The molecule has 0 amide bonds. The lowest BCUT2D eigenvalue weighted by Crippen LogP contribution is -2.38. The Morgan fingerprint density at radius 2 is 1.84 bits per heavy atom. The van der Waals surface area contributed by atoms with Crippen molar-refractivity contribution in [2.45, 2.75) is 33.5 Å². The fourth-order valence-corrected chi connectivity index (χ4v) is 2.60. The van der Waals surface area contributed by atoms with Crippen molar-refractivity contribution < 1.29 is 4.42 Å². The molecule has 0 saturated carbocycles. The third-order valence-corrected chi connectivity index (χ3v) is 3.91. The minimum atomic E-state index is 0.584. The van der Waals surface area contributed by atoms with Crippen LogP contribution in [0, 0.1) is 5.92 Å². The highest BCUT2D eigenvalue weighted by Gasteiger charge is 2.08. The second kappa shape index (κ2) is 9.89. The molecule has 25 heavy (non-hydrogen) atoms. The van der Waals surface area contributed by atoms with Crippen LogP contribution in [-0.2, 0) is 19.6 Å². The van der Waals surface area contributed by atoms with Gasteiger partial charge in [-0.1, -0.05) is 38.1 Å². The molecule has 1 aromatic carbocycles. The lowest BCUT2D eigenvalue weighted by Gasteiger charge is -2.19. The first-order valence-corrected chi connectivity index (χ1v) is 8.80. The summed E-state index contributed by atoms with van der Waals surface area (Å²) in [5.41, 5.74) is 2.59. The van der Waals surface area contributed by atoms with Crippen LogP contribution >= 0.6 is 0 Å². The van der Waals surface area contributed by atoms with Crippen molar-refractivity contribution in [1.29, 1.82) is 0 Å².